The number of benzene rings is 1. The van der Waals surface area contributed by atoms with Crippen molar-refractivity contribution in [3.63, 3.8) is 0 Å². The normalized spacial score (nSPS) is 17.8. The van der Waals surface area contributed by atoms with Gasteiger partial charge in [0.15, 0.2) is 0 Å². The zero-order valence-electron chi connectivity index (χ0n) is 29.6. The number of halogens is 1. The SMILES string of the molecule is O=C(NCCOCCOCCNc1ncc(CN2CCCC(c3nc(-c4cccs4)cc(=O)[nH]3)C2)cn1)[C@@H]1CCCN1C(=O)c1ccc(S(=O)(=O)F)cc1. The number of hydrogen-bond acceptors (Lipinski definition) is 13. The highest BCUT2D eigenvalue weighted by atomic mass is 32.3. The molecule has 18 heteroatoms. The molecule has 3 aromatic heterocycles. The summed E-state index contributed by atoms with van der Waals surface area (Å²) in [5, 5.41) is 7.92. The number of carbonyl (C=O) groups excluding carboxylic acids is 2. The van der Waals surface area contributed by atoms with Crippen molar-refractivity contribution in [1.29, 1.82) is 0 Å². The Morgan fingerprint density at radius 3 is 2.44 bits per heavy atom. The summed E-state index contributed by atoms with van der Waals surface area (Å²) < 4.78 is 46.5. The molecule has 0 saturated carbocycles. The van der Waals surface area contributed by atoms with Crippen molar-refractivity contribution in [2.75, 3.05) is 64.5 Å². The summed E-state index contributed by atoms with van der Waals surface area (Å²) in [5.74, 6) is 0.663. The molecular weight excluding hydrogens is 740 g/mol. The molecule has 2 aliphatic heterocycles. The number of aromatic nitrogens is 4. The van der Waals surface area contributed by atoms with E-state index in [9.17, 15) is 26.7 Å². The number of piperidine rings is 1. The van der Waals surface area contributed by atoms with Crippen LogP contribution in [0.3, 0.4) is 0 Å². The molecular formula is C36H43FN8O7S2. The Bertz CT molecular complexity index is 2020. The number of hydrogen-bond donors (Lipinski definition) is 3. The van der Waals surface area contributed by atoms with E-state index in [1.54, 1.807) is 17.4 Å². The monoisotopic (exact) mass is 782 g/mol. The minimum Gasteiger partial charge on any atom is -0.377 e. The van der Waals surface area contributed by atoms with Crippen LogP contribution >= 0.6 is 11.3 Å². The first kappa shape index (κ1) is 39.1. The summed E-state index contributed by atoms with van der Waals surface area (Å²) in [7, 11) is -4.86. The summed E-state index contributed by atoms with van der Waals surface area (Å²) >= 11 is 1.57. The van der Waals surface area contributed by atoms with Gasteiger partial charge in [0.2, 0.25) is 11.9 Å². The number of H-pyrrole nitrogens is 1. The van der Waals surface area contributed by atoms with Gasteiger partial charge < -0.3 is 30.0 Å². The quantitative estimate of drug-likeness (QED) is 0.105. The van der Waals surface area contributed by atoms with Gasteiger partial charge in [-0.1, -0.05) is 6.07 Å². The third-order valence-electron chi connectivity index (χ3n) is 9.18. The Hall–Kier alpha value is -4.62. The summed E-state index contributed by atoms with van der Waals surface area (Å²) in [4.78, 5) is 59.0. The van der Waals surface area contributed by atoms with Crippen LogP contribution in [0.2, 0.25) is 0 Å². The lowest BCUT2D eigenvalue weighted by atomic mass is 9.96. The maximum Gasteiger partial charge on any atom is 0.332 e. The number of likely N-dealkylation sites (tertiary alicyclic amines) is 2. The van der Waals surface area contributed by atoms with Crippen molar-refractivity contribution in [2.24, 2.45) is 0 Å². The van der Waals surface area contributed by atoms with Crippen LogP contribution in [0.1, 0.15) is 53.3 Å². The van der Waals surface area contributed by atoms with E-state index in [0.29, 0.717) is 63.9 Å². The minimum absolute atomic E-state index is 0.132. The Morgan fingerprint density at radius 1 is 0.981 bits per heavy atom. The second kappa shape index (κ2) is 18.6. The van der Waals surface area contributed by atoms with Crippen LogP contribution in [0, 0.1) is 0 Å². The minimum atomic E-state index is -4.86. The molecule has 4 aromatic rings. The standard InChI is InChI=1S/C36H43FN8O7S2/c37-54(49,50)28-9-7-26(8-10-28)35(48)45-14-2-5-30(45)34(47)38-11-15-51-17-18-52-16-12-39-36-40-21-25(22-41-36)23-44-13-1-4-27(24-44)33-42-29(20-32(46)43-33)31-6-3-19-53-31/h3,6-10,19-22,27,30H,1-2,4-5,11-18,23-24H2,(H,38,47)(H,39,40,41)(H,42,43,46)/t27?,30-/m0/s1. The van der Waals surface area contributed by atoms with Gasteiger partial charge in [-0.05, 0) is 67.9 Å². The lowest BCUT2D eigenvalue weighted by molar-refractivity contribution is -0.125. The molecule has 2 fully saturated rings. The lowest BCUT2D eigenvalue weighted by Crippen LogP contribution is -2.46. The second-order valence-electron chi connectivity index (χ2n) is 13.0. The fourth-order valence-electron chi connectivity index (χ4n) is 6.56. The maximum atomic E-state index is 13.2. The first-order valence-corrected chi connectivity index (χ1v) is 20.1. The molecule has 2 atom stereocenters. The Balaban J connectivity index is 0.823. The number of anilines is 1. The molecule has 288 valence electrons. The Kier molecular flexibility index (Phi) is 13.5. The smallest absolute Gasteiger partial charge is 0.332 e. The third kappa shape index (κ3) is 10.7. The molecule has 3 N–H and O–H groups in total. The molecule has 2 amide bonds. The van der Waals surface area contributed by atoms with Crippen molar-refractivity contribution >= 4 is 39.3 Å². The van der Waals surface area contributed by atoms with Gasteiger partial charge in [-0.3, -0.25) is 19.3 Å². The number of carbonyl (C=O) groups is 2. The first-order chi connectivity index (χ1) is 26.1. The van der Waals surface area contributed by atoms with Gasteiger partial charge in [-0.2, -0.15) is 8.42 Å². The summed E-state index contributed by atoms with van der Waals surface area (Å²) in [6.07, 6.45) is 6.75. The van der Waals surface area contributed by atoms with Gasteiger partial charge in [0, 0.05) is 68.2 Å². The van der Waals surface area contributed by atoms with E-state index in [0.717, 1.165) is 54.3 Å². The largest absolute Gasteiger partial charge is 0.377 e. The first-order valence-electron chi connectivity index (χ1n) is 17.9. The zero-order chi connectivity index (χ0) is 37.9. The molecule has 2 aliphatic rings. The van der Waals surface area contributed by atoms with E-state index < -0.39 is 27.1 Å². The Morgan fingerprint density at radius 2 is 1.72 bits per heavy atom. The summed E-state index contributed by atoms with van der Waals surface area (Å²) in [5.41, 5.74) is 1.76. The molecule has 2 saturated heterocycles. The fourth-order valence-corrected chi connectivity index (χ4v) is 7.71. The topological polar surface area (TPSA) is 189 Å². The van der Waals surface area contributed by atoms with Crippen molar-refractivity contribution in [1.82, 2.24) is 35.1 Å². The van der Waals surface area contributed by atoms with E-state index in [4.69, 9.17) is 14.5 Å². The van der Waals surface area contributed by atoms with E-state index >= 15 is 0 Å². The van der Waals surface area contributed by atoms with Gasteiger partial charge in [0.25, 0.3) is 11.5 Å². The van der Waals surface area contributed by atoms with Crippen molar-refractivity contribution in [3.8, 4) is 10.6 Å². The number of rotatable bonds is 17. The van der Waals surface area contributed by atoms with Crippen molar-refractivity contribution in [2.45, 2.75) is 49.1 Å². The van der Waals surface area contributed by atoms with Crippen LogP contribution in [0.25, 0.3) is 10.6 Å². The average molecular weight is 783 g/mol. The molecule has 54 heavy (non-hydrogen) atoms. The molecule has 0 radical (unpaired) electrons. The van der Waals surface area contributed by atoms with Crippen LogP contribution < -0.4 is 16.2 Å². The van der Waals surface area contributed by atoms with E-state index in [-0.39, 0.29) is 36.1 Å². The number of amides is 2. The van der Waals surface area contributed by atoms with Crippen LogP contribution in [0.15, 0.2) is 69.9 Å². The number of aromatic amines is 1. The number of nitrogens with one attached hydrogen (secondary N) is 3. The van der Waals surface area contributed by atoms with Gasteiger partial charge in [0.1, 0.15) is 11.9 Å². The van der Waals surface area contributed by atoms with Crippen LogP contribution in [-0.4, -0.2) is 115 Å². The van der Waals surface area contributed by atoms with Gasteiger partial charge in [-0.15, -0.1) is 15.2 Å². The van der Waals surface area contributed by atoms with Gasteiger partial charge in [-0.25, -0.2) is 15.0 Å². The zero-order valence-corrected chi connectivity index (χ0v) is 31.2. The third-order valence-corrected chi connectivity index (χ3v) is 10.9. The highest BCUT2D eigenvalue weighted by molar-refractivity contribution is 7.86. The Labute approximate surface area is 316 Å². The van der Waals surface area contributed by atoms with E-state index in [2.05, 4.69) is 30.5 Å². The molecule has 1 aromatic carbocycles. The highest BCUT2D eigenvalue weighted by Crippen LogP contribution is 2.28. The van der Waals surface area contributed by atoms with Gasteiger partial charge >= 0.3 is 10.2 Å². The molecule has 6 rings (SSSR count). The van der Waals surface area contributed by atoms with E-state index in [1.807, 2.05) is 29.9 Å². The molecule has 1 unspecified atom stereocenters. The molecule has 0 spiro atoms. The average Bonchev–Trinajstić information content (AvgIpc) is 3.89. The number of ether oxygens (including phenoxy) is 2. The van der Waals surface area contributed by atoms with Crippen LogP contribution in [-0.2, 0) is 31.0 Å². The fraction of sp³-hybridized carbons (Fsp3) is 0.444. The molecule has 15 nitrogen and oxygen atoms in total. The predicted molar refractivity (Wildman–Crippen MR) is 199 cm³/mol. The summed E-state index contributed by atoms with van der Waals surface area (Å²) in [6.45, 7) is 4.97. The van der Waals surface area contributed by atoms with E-state index in [1.165, 1.54) is 17.0 Å². The predicted octanol–water partition coefficient (Wildman–Crippen LogP) is 3.19. The number of thiophene rings is 1. The molecule has 0 aliphatic carbocycles. The maximum absolute atomic E-state index is 13.2. The molecule has 5 heterocycles. The van der Waals surface area contributed by atoms with Crippen LogP contribution in [0.5, 0.6) is 0 Å². The van der Waals surface area contributed by atoms with Gasteiger partial charge in [0.05, 0.1) is 41.9 Å². The number of nitrogens with zero attached hydrogens (tertiary/aromatic N) is 5. The molecule has 0 bridgehead atoms. The van der Waals surface area contributed by atoms with Crippen molar-refractivity contribution < 1.29 is 31.4 Å². The summed E-state index contributed by atoms with van der Waals surface area (Å²) in [6, 6.07) is 9.37. The van der Waals surface area contributed by atoms with Crippen LogP contribution in [0.4, 0.5) is 9.83 Å². The highest BCUT2D eigenvalue weighted by Gasteiger charge is 2.34. The second-order valence-corrected chi connectivity index (χ2v) is 15.3. The lowest BCUT2D eigenvalue weighted by Gasteiger charge is -2.32. The van der Waals surface area contributed by atoms with Crippen molar-refractivity contribution in [3.05, 3.63) is 87.5 Å².